The summed E-state index contributed by atoms with van der Waals surface area (Å²) in [5.41, 5.74) is 5.42. The van der Waals surface area contributed by atoms with Crippen LogP contribution in [0.3, 0.4) is 0 Å². The zero-order valence-corrected chi connectivity index (χ0v) is 9.16. The van der Waals surface area contributed by atoms with E-state index < -0.39 is 0 Å². The fourth-order valence-electron chi connectivity index (χ4n) is 1.46. The Morgan fingerprint density at radius 2 is 2.47 bits per heavy atom. The molecule has 0 aromatic carbocycles. The quantitative estimate of drug-likeness (QED) is 0.730. The third-order valence-corrected chi connectivity index (χ3v) is 2.89. The van der Waals surface area contributed by atoms with E-state index in [4.69, 9.17) is 10.5 Å². The smallest absolute Gasteiger partial charge is 0.285 e. The minimum absolute atomic E-state index is 0.0768. The Kier molecular flexibility index (Phi) is 2.83. The van der Waals surface area contributed by atoms with E-state index in [1.54, 1.807) is 4.90 Å². The van der Waals surface area contributed by atoms with Crippen molar-refractivity contribution in [3.05, 3.63) is 5.01 Å². The molecular formula is C8H12N4O2S. The van der Waals surface area contributed by atoms with Gasteiger partial charge in [-0.15, -0.1) is 10.2 Å². The van der Waals surface area contributed by atoms with E-state index in [2.05, 4.69) is 10.2 Å². The number of hydrogen-bond donors (Lipinski definition) is 1. The van der Waals surface area contributed by atoms with E-state index in [-0.39, 0.29) is 12.0 Å². The summed E-state index contributed by atoms with van der Waals surface area (Å²) in [7, 11) is 0. The van der Waals surface area contributed by atoms with Crippen molar-refractivity contribution in [2.75, 3.05) is 25.4 Å². The number of nitrogen functional groups attached to an aromatic ring is 1. The van der Waals surface area contributed by atoms with E-state index in [1.165, 1.54) is 0 Å². The molecule has 1 atom stereocenters. The molecule has 1 aromatic heterocycles. The van der Waals surface area contributed by atoms with Crippen LogP contribution >= 0.6 is 11.3 Å². The molecule has 15 heavy (non-hydrogen) atoms. The molecule has 1 aliphatic heterocycles. The Bertz CT molecular complexity index is 367. The van der Waals surface area contributed by atoms with Gasteiger partial charge in [-0.05, 0) is 6.92 Å². The average molecular weight is 228 g/mol. The third-order valence-electron chi connectivity index (χ3n) is 2.15. The van der Waals surface area contributed by atoms with Gasteiger partial charge in [0.25, 0.3) is 5.91 Å². The number of nitrogens with zero attached hydrogens (tertiary/aromatic N) is 3. The van der Waals surface area contributed by atoms with Crippen LogP contribution in [0, 0.1) is 0 Å². The first-order valence-corrected chi connectivity index (χ1v) is 5.48. The first-order valence-electron chi connectivity index (χ1n) is 4.66. The SMILES string of the molecule is CC1CN(C(=O)c2nnc(N)s2)CCO1. The summed E-state index contributed by atoms with van der Waals surface area (Å²) in [4.78, 5) is 13.6. The Balaban J connectivity index is 2.07. The van der Waals surface area contributed by atoms with Gasteiger partial charge in [0, 0.05) is 13.1 Å². The lowest BCUT2D eigenvalue weighted by Gasteiger charge is -2.30. The highest BCUT2D eigenvalue weighted by atomic mass is 32.1. The number of nitrogens with two attached hydrogens (primary N) is 1. The molecule has 0 radical (unpaired) electrons. The second-order valence-corrected chi connectivity index (χ2v) is 4.39. The van der Waals surface area contributed by atoms with Gasteiger partial charge in [0.1, 0.15) is 0 Å². The summed E-state index contributed by atoms with van der Waals surface area (Å²) >= 11 is 1.11. The fourth-order valence-corrected chi connectivity index (χ4v) is 2.04. The van der Waals surface area contributed by atoms with Crippen LogP contribution < -0.4 is 5.73 Å². The van der Waals surface area contributed by atoms with Gasteiger partial charge in [-0.25, -0.2) is 0 Å². The predicted octanol–water partition coefficient (Wildman–Crippen LogP) is -0.0188. The molecule has 1 fully saturated rings. The van der Waals surface area contributed by atoms with Crippen LogP contribution in [0.1, 0.15) is 16.7 Å². The standard InChI is InChI=1S/C8H12N4O2S/c1-5-4-12(2-3-14-5)7(13)6-10-11-8(9)15-6/h5H,2-4H2,1H3,(H2,9,11). The zero-order chi connectivity index (χ0) is 10.8. The van der Waals surface area contributed by atoms with Crippen molar-refractivity contribution in [2.45, 2.75) is 13.0 Å². The molecule has 6 nitrogen and oxygen atoms in total. The molecule has 0 bridgehead atoms. The van der Waals surface area contributed by atoms with Crippen molar-refractivity contribution in [2.24, 2.45) is 0 Å². The topological polar surface area (TPSA) is 81.3 Å². The molecule has 2 rings (SSSR count). The first-order chi connectivity index (χ1) is 7.16. The molecule has 82 valence electrons. The van der Waals surface area contributed by atoms with Gasteiger partial charge in [-0.2, -0.15) is 0 Å². The van der Waals surface area contributed by atoms with Gasteiger partial charge in [-0.1, -0.05) is 11.3 Å². The fraction of sp³-hybridized carbons (Fsp3) is 0.625. The number of aromatic nitrogens is 2. The molecule has 0 saturated carbocycles. The Labute approximate surface area is 91.0 Å². The molecular weight excluding hydrogens is 216 g/mol. The Morgan fingerprint density at radius 1 is 1.67 bits per heavy atom. The van der Waals surface area contributed by atoms with Crippen LogP contribution in [0.5, 0.6) is 0 Å². The molecule has 7 heteroatoms. The Hall–Kier alpha value is -1.21. The van der Waals surface area contributed by atoms with E-state index >= 15 is 0 Å². The summed E-state index contributed by atoms with van der Waals surface area (Å²) in [6.45, 7) is 3.70. The minimum Gasteiger partial charge on any atom is -0.375 e. The number of carbonyl (C=O) groups is 1. The lowest BCUT2D eigenvalue weighted by molar-refractivity contribution is -0.0124. The second kappa shape index (κ2) is 4.11. The van der Waals surface area contributed by atoms with Crippen molar-refractivity contribution < 1.29 is 9.53 Å². The molecule has 0 spiro atoms. The first kappa shape index (κ1) is 10.3. The molecule has 2 N–H and O–H groups in total. The number of morpholine rings is 1. The highest BCUT2D eigenvalue weighted by Crippen LogP contribution is 2.15. The van der Waals surface area contributed by atoms with Crippen molar-refractivity contribution in [1.29, 1.82) is 0 Å². The highest BCUT2D eigenvalue weighted by molar-refractivity contribution is 7.16. The number of carbonyl (C=O) groups excluding carboxylic acids is 1. The third kappa shape index (κ3) is 2.24. The van der Waals surface area contributed by atoms with Crippen LogP contribution in [0.15, 0.2) is 0 Å². The second-order valence-electron chi connectivity index (χ2n) is 3.38. The van der Waals surface area contributed by atoms with Gasteiger partial charge >= 0.3 is 0 Å². The average Bonchev–Trinajstić information content (AvgIpc) is 2.64. The molecule has 2 heterocycles. The summed E-state index contributed by atoms with van der Waals surface area (Å²) in [5.74, 6) is -0.112. The van der Waals surface area contributed by atoms with Crippen molar-refractivity contribution in [3.8, 4) is 0 Å². The van der Waals surface area contributed by atoms with Crippen LogP contribution in [0.2, 0.25) is 0 Å². The van der Waals surface area contributed by atoms with Gasteiger partial charge in [0.05, 0.1) is 12.7 Å². The maximum atomic E-state index is 11.9. The van der Waals surface area contributed by atoms with E-state index in [0.717, 1.165) is 11.3 Å². The van der Waals surface area contributed by atoms with Gasteiger partial charge in [0.15, 0.2) is 0 Å². The number of hydrogen-bond acceptors (Lipinski definition) is 6. The lowest BCUT2D eigenvalue weighted by Crippen LogP contribution is -2.44. The zero-order valence-electron chi connectivity index (χ0n) is 8.34. The largest absolute Gasteiger partial charge is 0.375 e. The maximum Gasteiger partial charge on any atom is 0.285 e. The summed E-state index contributed by atoms with van der Waals surface area (Å²) < 4.78 is 5.35. The molecule has 1 aliphatic rings. The van der Waals surface area contributed by atoms with Gasteiger partial charge in [0.2, 0.25) is 10.1 Å². The predicted molar refractivity (Wildman–Crippen MR) is 55.6 cm³/mol. The van der Waals surface area contributed by atoms with Crippen LogP contribution in [0.4, 0.5) is 5.13 Å². The number of amides is 1. The molecule has 1 unspecified atom stereocenters. The molecule has 1 amide bonds. The molecule has 1 saturated heterocycles. The molecule has 1 aromatic rings. The van der Waals surface area contributed by atoms with Crippen LogP contribution in [-0.4, -0.2) is 46.8 Å². The van der Waals surface area contributed by atoms with Crippen LogP contribution in [-0.2, 0) is 4.74 Å². The van der Waals surface area contributed by atoms with Gasteiger partial charge in [-0.3, -0.25) is 4.79 Å². The monoisotopic (exact) mass is 228 g/mol. The van der Waals surface area contributed by atoms with Crippen molar-refractivity contribution in [1.82, 2.24) is 15.1 Å². The minimum atomic E-state index is -0.112. The summed E-state index contributed by atoms with van der Waals surface area (Å²) in [6, 6.07) is 0. The van der Waals surface area contributed by atoms with E-state index in [0.29, 0.717) is 29.8 Å². The molecule has 0 aliphatic carbocycles. The van der Waals surface area contributed by atoms with Gasteiger partial charge < -0.3 is 15.4 Å². The van der Waals surface area contributed by atoms with Crippen molar-refractivity contribution >= 4 is 22.4 Å². The van der Waals surface area contributed by atoms with E-state index in [1.807, 2.05) is 6.92 Å². The highest BCUT2D eigenvalue weighted by Gasteiger charge is 2.24. The van der Waals surface area contributed by atoms with Crippen LogP contribution in [0.25, 0.3) is 0 Å². The Morgan fingerprint density at radius 3 is 3.07 bits per heavy atom. The van der Waals surface area contributed by atoms with Crippen molar-refractivity contribution in [3.63, 3.8) is 0 Å². The normalized spacial score (nSPS) is 21.7. The maximum absolute atomic E-state index is 11.9. The number of ether oxygens (including phenoxy) is 1. The summed E-state index contributed by atoms with van der Waals surface area (Å²) in [5, 5.41) is 8.01. The summed E-state index contributed by atoms with van der Waals surface area (Å²) in [6.07, 6.45) is 0.0768. The lowest BCUT2D eigenvalue weighted by atomic mass is 10.3. The number of anilines is 1. The van der Waals surface area contributed by atoms with E-state index in [9.17, 15) is 4.79 Å². The number of rotatable bonds is 1.